The average molecular weight is 354 g/mol. The van der Waals surface area contributed by atoms with Gasteiger partial charge in [-0.05, 0) is 13.0 Å². The Kier molecular flexibility index (Phi) is 4.38. The third-order valence-corrected chi connectivity index (χ3v) is 5.24. The van der Waals surface area contributed by atoms with E-state index in [0.29, 0.717) is 25.5 Å². The van der Waals surface area contributed by atoms with E-state index in [2.05, 4.69) is 0 Å². The predicted molar refractivity (Wildman–Crippen MR) is 95.6 cm³/mol. The Morgan fingerprint density at radius 3 is 2.88 bits per heavy atom. The minimum atomic E-state index is -0.195. The summed E-state index contributed by atoms with van der Waals surface area (Å²) in [7, 11) is 0. The largest absolute Gasteiger partial charge is 0.459 e. The van der Waals surface area contributed by atoms with Crippen LogP contribution in [0.1, 0.15) is 27.9 Å². The van der Waals surface area contributed by atoms with E-state index in [0.717, 1.165) is 21.8 Å². The van der Waals surface area contributed by atoms with Crippen LogP contribution >= 0.6 is 11.3 Å². The van der Waals surface area contributed by atoms with Crippen molar-refractivity contribution >= 4 is 17.2 Å². The molecule has 6 heteroatoms. The number of nitrogens with zero attached hydrogens (tertiary/aromatic N) is 2. The molecule has 128 valence electrons. The maximum atomic E-state index is 12.9. The molecule has 3 heterocycles. The Bertz CT molecular complexity index is 872. The van der Waals surface area contributed by atoms with Crippen LogP contribution in [0.4, 0.5) is 0 Å². The summed E-state index contributed by atoms with van der Waals surface area (Å²) in [5.41, 5.74) is 2.79. The Morgan fingerprint density at radius 2 is 2.12 bits per heavy atom. The topological polar surface area (TPSA) is 55.6 Å². The van der Waals surface area contributed by atoms with Crippen LogP contribution in [0.5, 0.6) is 0 Å². The normalized spacial score (nSPS) is 17.6. The van der Waals surface area contributed by atoms with Gasteiger partial charge in [0.2, 0.25) is 0 Å². The second-order valence-corrected chi connectivity index (χ2v) is 6.82. The van der Waals surface area contributed by atoms with Crippen LogP contribution in [-0.4, -0.2) is 35.5 Å². The van der Waals surface area contributed by atoms with Crippen molar-refractivity contribution in [1.82, 2.24) is 9.88 Å². The molecule has 3 aromatic rings. The number of benzene rings is 1. The number of hydrogen-bond acceptors (Lipinski definition) is 5. The molecule has 5 nitrogen and oxygen atoms in total. The van der Waals surface area contributed by atoms with E-state index in [1.54, 1.807) is 28.6 Å². The van der Waals surface area contributed by atoms with Gasteiger partial charge in [-0.1, -0.05) is 30.3 Å². The Labute approximate surface area is 149 Å². The second-order valence-electron chi connectivity index (χ2n) is 5.97. The molecule has 1 amide bonds. The van der Waals surface area contributed by atoms with Gasteiger partial charge in [-0.15, -0.1) is 11.3 Å². The van der Waals surface area contributed by atoms with Crippen molar-refractivity contribution in [3.05, 3.63) is 65.1 Å². The fourth-order valence-corrected chi connectivity index (χ4v) is 3.84. The maximum absolute atomic E-state index is 12.9. The molecule has 1 aromatic carbocycles. The molecule has 1 saturated heterocycles. The Morgan fingerprint density at radius 1 is 1.28 bits per heavy atom. The van der Waals surface area contributed by atoms with Crippen molar-refractivity contribution in [2.45, 2.75) is 13.0 Å². The molecule has 0 spiro atoms. The summed E-state index contributed by atoms with van der Waals surface area (Å²) in [4.78, 5) is 19.5. The van der Waals surface area contributed by atoms with E-state index in [-0.39, 0.29) is 11.9 Å². The van der Waals surface area contributed by atoms with Gasteiger partial charge < -0.3 is 14.1 Å². The monoisotopic (exact) mass is 354 g/mol. The van der Waals surface area contributed by atoms with Gasteiger partial charge in [0.25, 0.3) is 5.91 Å². The summed E-state index contributed by atoms with van der Waals surface area (Å²) in [5, 5.41) is 2.96. The van der Waals surface area contributed by atoms with Crippen LogP contribution in [0.15, 0.2) is 52.5 Å². The van der Waals surface area contributed by atoms with Crippen molar-refractivity contribution in [2.24, 2.45) is 0 Å². The van der Waals surface area contributed by atoms with E-state index in [1.807, 2.05) is 42.6 Å². The molecule has 2 aromatic heterocycles. The number of ether oxygens (including phenoxy) is 1. The summed E-state index contributed by atoms with van der Waals surface area (Å²) in [6.45, 7) is 3.38. The lowest BCUT2D eigenvalue weighted by Crippen LogP contribution is -2.43. The highest BCUT2D eigenvalue weighted by Gasteiger charge is 2.33. The van der Waals surface area contributed by atoms with Gasteiger partial charge in [-0.25, -0.2) is 4.98 Å². The van der Waals surface area contributed by atoms with E-state index in [1.165, 1.54) is 0 Å². The zero-order valence-electron chi connectivity index (χ0n) is 13.8. The Hall–Kier alpha value is -2.44. The first-order valence-electron chi connectivity index (χ1n) is 8.17. The van der Waals surface area contributed by atoms with E-state index >= 15 is 0 Å². The highest BCUT2D eigenvalue weighted by Crippen LogP contribution is 2.31. The first kappa shape index (κ1) is 16.1. The SMILES string of the molecule is Cc1ccoc1C(=O)N1CCOC[C@H]1c1csc(-c2ccccc2)n1. The van der Waals surface area contributed by atoms with Gasteiger partial charge in [-0.2, -0.15) is 0 Å². The minimum Gasteiger partial charge on any atom is -0.459 e. The van der Waals surface area contributed by atoms with Gasteiger partial charge in [0.1, 0.15) is 5.01 Å². The zero-order chi connectivity index (χ0) is 17.2. The molecule has 0 radical (unpaired) electrons. The number of carbonyl (C=O) groups is 1. The molecule has 0 unspecified atom stereocenters. The lowest BCUT2D eigenvalue weighted by Gasteiger charge is -2.34. The summed E-state index contributed by atoms with van der Waals surface area (Å²) in [6, 6.07) is 11.7. The molecule has 25 heavy (non-hydrogen) atoms. The first-order valence-corrected chi connectivity index (χ1v) is 9.05. The van der Waals surface area contributed by atoms with Crippen LogP contribution in [0.25, 0.3) is 10.6 Å². The highest BCUT2D eigenvalue weighted by molar-refractivity contribution is 7.13. The number of hydrogen-bond donors (Lipinski definition) is 0. The quantitative estimate of drug-likeness (QED) is 0.715. The maximum Gasteiger partial charge on any atom is 0.290 e. The van der Waals surface area contributed by atoms with E-state index in [4.69, 9.17) is 14.1 Å². The number of thiazole rings is 1. The molecule has 0 aliphatic carbocycles. The molecule has 4 rings (SSSR count). The lowest BCUT2D eigenvalue weighted by atomic mass is 10.1. The van der Waals surface area contributed by atoms with Crippen LogP contribution in [0.2, 0.25) is 0 Å². The smallest absolute Gasteiger partial charge is 0.290 e. The van der Waals surface area contributed by atoms with Gasteiger partial charge in [0.05, 0.1) is 31.2 Å². The summed E-state index contributed by atoms with van der Waals surface area (Å²) in [5.74, 6) is 0.287. The number of carbonyl (C=O) groups excluding carboxylic acids is 1. The number of aromatic nitrogens is 1. The minimum absolute atomic E-state index is 0.106. The molecule has 1 aliphatic heterocycles. The van der Waals surface area contributed by atoms with Gasteiger partial charge in [0, 0.05) is 23.1 Å². The average Bonchev–Trinajstić information content (AvgIpc) is 3.31. The Balaban J connectivity index is 1.63. The lowest BCUT2D eigenvalue weighted by molar-refractivity contribution is -0.00531. The summed E-state index contributed by atoms with van der Waals surface area (Å²) >= 11 is 1.58. The summed E-state index contributed by atoms with van der Waals surface area (Å²) < 4.78 is 11.0. The number of amides is 1. The van der Waals surface area contributed by atoms with Gasteiger partial charge in [0.15, 0.2) is 5.76 Å². The highest BCUT2D eigenvalue weighted by atomic mass is 32.1. The number of rotatable bonds is 3. The molecule has 1 atom stereocenters. The molecular weight excluding hydrogens is 336 g/mol. The molecule has 1 fully saturated rings. The van der Waals surface area contributed by atoms with Crippen LogP contribution in [0, 0.1) is 6.92 Å². The van der Waals surface area contributed by atoms with Gasteiger partial charge in [-0.3, -0.25) is 4.79 Å². The van der Waals surface area contributed by atoms with Crippen molar-refractivity contribution in [1.29, 1.82) is 0 Å². The standard InChI is InChI=1S/C19H18N2O3S/c1-13-7-9-24-17(13)19(22)21-8-10-23-11-16(21)15-12-25-18(20-15)14-5-3-2-4-6-14/h2-7,9,12,16H,8,10-11H2,1H3/t16-/m0/s1. The first-order chi connectivity index (χ1) is 12.2. The molecular formula is C19H18N2O3S. The molecule has 0 bridgehead atoms. The number of morpholine rings is 1. The molecule has 1 aliphatic rings. The predicted octanol–water partition coefficient (Wildman–Crippen LogP) is 3.93. The zero-order valence-corrected chi connectivity index (χ0v) is 14.7. The van der Waals surface area contributed by atoms with Crippen LogP contribution in [0.3, 0.4) is 0 Å². The van der Waals surface area contributed by atoms with Crippen LogP contribution < -0.4 is 0 Å². The third kappa shape index (κ3) is 3.10. The fourth-order valence-electron chi connectivity index (χ4n) is 2.97. The van der Waals surface area contributed by atoms with Crippen molar-refractivity contribution in [3.8, 4) is 10.6 Å². The fraction of sp³-hybridized carbons (Fsp3) is 0.263. The van der Waals surface area contributed by atoms with Crippen LogP contribution in [-0.2, 0) is 4.74 Å². The summed E-state index contributed by atoms with van der Waals surface area (Å²) in [6.07, 6.45) is 1.55. The van der Waals surface area contributed by atoms with Crippen molar-refractivity contribution < 1.29 is 13.9 Å². The van der Waals surface area contributed by atoms with E-state index < -0.39 is 0 Å². The molecule has 0 N–H and O–H groups in total. The number of furan rings is 1. The number of aryl methyl sites for hydroxylation is 1. The van der Waals surface area contributed by atoms with Crippen molar-refractivity contribution in [3.63, 3.8) is 0 Å². The third-order valence-electron chi connectivity index (χ3n) is 4.33. The van der Waals surface area contributed by atoms with Crippen molar-refractivity contribution in [2.75, 3.05) is 19.8 Å². The van der Waals surface area contributed by atoms with Gasteiger partial charge >= 0.3 is 0 Å². The second kappa shape index (κ2) is 6.82. The molecule has 0 saturated carbocycles. The van der Waals surface area contributed by atoms with E-state index in [9.17, 15) is 4.79 Å².